The van der Waals surface area contributed by atoms with Crippen molar-refractivity contribution in [2.24, 2.45) is 0 Å². The van der Waals surface area contributed by atoms with Crippen LogP contribution in [0.25, 0.3) is 0 Å². The van der Waals surface area contributed by atoms with Gasteiger partial charge in [0.25, 0.3) is 5.91 Å². The molecule has 0 aliphatic heterocycles. The molecule has 29 heavy (non-hydrogen) atoms. The van der Waals surface area contributed by atoms with Crippen molar-refractivity contribution < 1.29 is 23.9 Å². The standard InChI is InChI=1S/C22H26N2O5/c1-22(2,3)29-21(27)24-14-16-5-9-17(10-6-16)19(25)23-13-15-7-11-18(12-8-15)20(26)28-4/h5-12H,13-14H2,1-4H3,(H,23,25)(H,24,27). The number of hydrogen-bond acceptors (Lipinski definition) is 5. The zero-order valence-electron chi connectivity index (χ0n) is 17.1. The average molecular weight is 398 g/mol. The van der Waals surface area contributed by atoms with Gasteiger partial charge in [-0.15, -0.1) is 0 Å². The second-order valence-electron chi connectivity index (χ2n) is 7.42. The highest BCUT2D eigenvalue weighted by atomic mass is 16.6. The largest absolute Gasteiger partial charge is 0.465 e. The maximum Gasteiger partial charge on any atom is 0.407 e. The Kier molecular flexibility index (Phi) is 7.36. The minimum absolute atomic E-state index is 0.214. The number of carbonyl (C=O) groups excluding carboxylic acids is 3. The molecule has 2 amide bonds. The number of ether oxygens (including phenoxy) is 2. The van der Waals surface area contributed by atoms with Crippen LogP contribution in [0.5, 0.6) is 0 Å². The molecule has 154 valence electrons. The molecule has 0 atom stereocenters. The van der Waals surface area contributed by atoms with Crippen LogP contribution in [0.15, 0.2) is 48.5 Å². The molecule has 0 heterocycles. The molecule has 0 saturated heterocycles. The summed E-state index contributed by atoms with van der Waals surface area (Å²) in [6.45, 7) is 6.04. The van der Waals surface area contributed by atoms with Crippen molar-refractivity contribution in [3.63, 3.8) is 0 Å². The Morgan fingerprint density at radius 2 is 1.28 bits per heavy atom. The van der Waals surface area contributed by atoms with E-state index in [0.29, 0.717) is 24.2 Å². The number of esters is 1. The zero-order chi connectivity index (χ0) is 21.4. The number of nitrogens with one attached hydrogen (secondary N) is 2. The number of hydrogen-bond donors (Lipinski definition) is 2. The molecular formula is C22H26N2O5. The number of amides is 2. The Bertz CT molecular complexity index is 852. The molecule has 0 bridgehead atoms. The summed E-state index contributed by atoms with van der Waals surface area (Å²) in [5, 5.41) is 5.50. The Hall–Kier alpha value is -3.35. The van der Waals surface area contributed by atoms with Gasteiger partial charge in [-0.1, -0.05) is 24.3 Å². The minimum Gasteiger partial charge on any atom is -0.465 e. The first-order chi connectivity index (χ1) is 13.7. The summed E-state index contributed by atoms with van der Waals surface area (Å²) >= 11 is 0. The van der Waals surface area contributed by atoms with Crippen LogP contribution in [-0.2, 0) is 22.6 Å². The number of rotatable bonds is 6. The van der Waals surface area contributed by atoms with Crippen LogP contribution in [0, 0.1) is 0 Å². The molecule has 7 heteroatoms. The summed E-state index contributed by atoms with van der Waals surface area (Å²) in [6.07, 6.45) is -0.488. The molecule has 2 aromatic carbocycles. The van der Waals surface area contributed by atoms with Gasteiger partial charge >= 0.3 is 12.1 Å². The van der Waals surface area contributed by atoms with E-state index >= 15 is 0 Å². The summed E-state index contributed by atoms with van der Waals surface area (Å²) in [6, 6.07) is 13.8. The van der Waals surface area contributed by atoms with E-state index < -0.39 is 17.7 Å². The van der Waals surface area contributed by atoms with Crippen molar-refractivity contribution >= 4 is 18.0 Å². The number of carbonyl (C=O) groups is 3. The highest BCUT2D eigenvalue weighted by Crippen LogP contribution is 2.09. The van der Waals surface area contributed by atoms with E-state index in [1.165, 1.54) is 7.11 Å². The molecule has 0 unspecified atom stereocenters. The van der Waals surface area contributed by atoms with E-state index in [4.69, 9.17) is 4.74 Å². The second-order valence-corrected chi connectivity index (χ2v) is 7.42. The van der Waals surface area contributed by atoms with Gasteiger partial charge in [0.1, 0.15) is 5.60 Å². The minimum atomic E-state index is -0.550. The Morgan fingerprint density at radius 3 is 1.76 bits per heavy atom. The quantitative estimate of drug-likeness (QED) is 0.727. The first-order valence-electron chi connectivity index (χ1n) is 9.19. The van der Waals surface area contributed by atoms with Crippen molar-refractivity contribution in [1.29, 1.82) is 0 Å². The third kappa shape index (κ3) is 7.29. The molecule has 0 aliphatic rings. The van der Waals surface area contributed by atoms with E-state index in [0.717, 1.165) is 11.1 Å². The summed E-state index contributed by atoms with van der Waals surface area (Å²) in [5.41, 5.74) is 2.14. The topological polar surface area (TPSA) is 93.7 Å². The highest BCUT2D eigenvalue weighted by molar-refractivity contribution is 5.94. The first kappa shape index (κ1) is 21.9. The van der Waals surface area contributed by atoms with Gasteiger partial charge in [0, 0.05) is 18.7 Å². The van der Waals surface area contributed by atoms with Gasteiger partial charge in [0.15, 0.2) is 0 Å². The van der Waals surface area contributed by atoms with Crippen LogP contribution in [0.4, 0.5) is 4.79 Å². The van der Waals surface area contributed by atoms with Crippen LogP contribution in [0.2, 0.25) is 0 Å². The normalized spacial score (nSPS) is 10.8. The fraction of sp³-hybridized carbons (Fsp3) is 0.318. The lowest BCUT2D eigenvalue weighted by atomic mass is 10.1. The fourth-order valence-corrected chi connectivity index (χ4v) is 2.42. The van der Waals surface area contributed by atoms with Crippen LogP contribution in [0.3, 0.4) is 0 Å². The van der Waals surface area contributed by atoms with Gasteiger partial charge in [-0.2, -0.15) is 0 Å². The SMILES string of the molecule is COC(=O)c1ccc(CNC(=O)c2ccc(CNC(=O)OC(C)(C)C)cc2)cc1. The second kappa shape index (κ2) is 9.73. The highest BCUT2D eigenvalue weighted by Gasteiger charge is 2.15. The smallest absolute Gasteiger partial charge is 0.407 e. The van der Waals surface area contributed by atoms with Gasteiger partial charge in [0.05, 0.1) is 12.7 Å². The van der Waals surface area contributed by atoms with Crippen LogP contribution in [-0.4, -0.2) is 30.7 Å². The third-order valence-corrected chi connectivity index (χ3v) is 3.88. The summed E-state index contributed by atoms with van der Waals surface area (Å²) < 4.78 is 9.84. The van der Waals surface area contributed by atoms with Crippen molar-refractivity contribution in [2.75, 3.05) is 7.11 Å². The summed E-state index contributed by atoms with van der Waals surface area (Å²) in [4.78, 5) is 35.4. The Balaban J connectivity index is 1.84. The van der Waals surface area contributed by atoms with Gasteiger partial charge < -0.3 is 20.1 Å². The van der Waals surface area contributed by atoms with Crippen molar-refractivity contribution in [1.82, 2.24) is 10.6 Å². The zero-order valence-corrected chi connectivity index (χ0v) is 17.1. The number of methoxy groups -OCH3 is 1. The van der Waals surface area contributed by atoms with E-state index in [-0.39, 0.29) is 5.91 Å². The molecule has 2 aromatic rings. The summed E-state index contributed by atoms with van der Waals surface area (Å²) in [7, 11) is 1.33. The Morgan fingerprint density at radius 1 is 0.793 bits per heavy atom. The molecule has 0 spiro atoms. The van der Waals surface area contributed by atoms with Crippen LogP contribution in [0.1, 0.15) is 52.6 Å². The van der Waals surface area contributed by atoms with Gasteiger partial charge in [-0.05, 0) is 56.2 Å². The first-order valence-corrected chi connectivity index (χ1v) is 9.19. The average Bonchev–Trinajstić information content (AvgIpc) is 2.69. The predicted molar refractivity (Wildman–Crippen MR) is 108 cm³/mol. The maximum atomic E-state index is 12.3. The lowest BCUT2D eigenvalue weighted by Gasteiger charge is -2.19. The molecule has 2 rings (SSSR count). The molecule has 2 N–H and O–H groups in total. The van der Waals surface area contributed by atoms with Crippen molar-refractivity contribution in [3.05, 3.63) is 70.8 Å². The molecular weight excluding hydrogens is 372 g/mol. The van der Waals surface area contributed by atoms with E-state index in [1.54, 1.807) is 69.3 Å². The molecule has 0 aromatic heterocycles. The van der Waals surface area contributed by atoms with Crippen molar-refractivity contribution in [3.8, 4) is 0 Å². The lowest BCUT2D eigenvalue weighted by molar-refractivity contribution is 0.0522. The lowest BCUT2D eigenvalue weighted by Crippen LogP contribution is -2.32. The molecule has 0 radical (unpaired) electrons. The monoisotopic (exact) mass is 398 g/mol. The van der Waals surface area contributed by atoms with Crippen molar-refractivity contribution in [2.45, 2.75) is 39.5 Å². The molecule has 0 fully saturated rings. The van der Waals surface area contributed by atoms with Gasteiger partial charge in [-0.25, -0.2) is 9.59 Å². The van der Waals surface area contributed by atoms with Crippen LogP contribution < -0.4 is 10.6 Å². The van der Waals surface area contributed by atoms with E-state index in [1.807, 2.05) is 0 Å². The Labute approximate surface area is 170 Å². The molecule has 0 saturated carbocycles. The number of benzene rings is 2. The molecule has 7 nitrogen and oxygen atoms in total. The fourth-order valence-electron chi connectivity index (χ4n) is 2.42. The maximum absolute atomic E-state index is 12.3. The molecule has 0 aliphatic carbocycles. The predicted octanol–water partition coefficient (Wildman–Crippen LogP) is 3.43. The number of alkyl carbamates (subject to hydrolysis) is 1. The van der Waals surface area contributed by atoms with Gasteiger partial charge in [-0.3, -0.25) is 4.79 Å². The van der Waals surface area contributed by atoms with Gasteiger partial charge in [0.2, 0.25) is 0 Å². The summed E-state index contributed by atoms with van der Waals surface area (Å²) in [5.74, 6) is -0.615. The van der Waals surface area contributed by atoms with E-state index in [9.17, 15) is 14.4 Å². The third-order valence-electron chi connectivity index (χ3n) is 3.88. The van der Waals surface area contributed by atoms with Crippen LogP contribution >= 0.6 is 0 Å². The van der Waals surface area contributed by atoms with E-state index in [2.05, 4.69) is 15.4 Å².